The van der Waals surface area contributed by atoms with Crippen molar-refractivity contribution in [2.24, 2.45) is 0 Å². The number of halogens is 1. The van der Waals surface area contributed by atoms with Gasteiger partial charge in [0.05, 0.1) is 24.8 Å². The lowest BCUT2D eigenvalue weighted by Crippen LogP contribution is -2.14. The van der Waals surface area contributed by atoms with Crippen LogP contribution in [0.5, 0.6) is 17.2 Å². The quantitative estimate of drug-likeness (QED) is 0.155. The summed E-state index contributed by atoms with van der Waals surface area (Å²) in [5.74, 6) is 1.10. The molecule has 3 aromatic carbocycles. The Hall–Kier alpha value is -3.99. The third-order valence-electron chi connectivity index (χ3n) is 5.45. The first-order valence-electron chi connectivity index (χ1n) is 12.3. The van der Waals surface area contributed by atoms with Crippen molar-refractivity contribution >= 4 is 29.3 Å². The van der Waals surface area contributed by atoms with Crippen molar-refractivity contribution in [3.63, 3.8) is 0 Å². The van der Waals surface area contributed by atoms with Gasteiger partial charge in [0, 0.05) is 5.69 Å². The molecular formula is C30H31ClN2O5. The molecule has 0 aromatic heterocycles. The number of nitrogens with one attached hydrogen (secondary N) is 1. The molecule has 0 radical (unpaired) electrons. The van der Waals surface area contributed by atoms with E-state index in [2.05, 4.69) is 5.32 Å². The molecule has 8 heteroatoms. The molecule has 198 valence electrons. The molecule has 1 N–H and O–H groups in total. The van der Waals surface area contributed by atoms with Crippen LogP contribution in [0.2, 0.25) is 5.02 Å². The fraction of sp³-hybridized carbons (Fsp3) is 0.267. The third-order valence-corrected chi connectivity index (χ3v) is 5.73. The summed E-state index contributed by atoms with van der Waals surface area (Å²) in [6.45, 7) is 7.51. The van der Waals surface area contributed by atoms with Crippen LogP contribution < -0.4 is 19.5 Å². The Morgan fingerprint density at radius 2 is 1.61 bits per heavy atom. The van der Waals surface area contributed by atoms with Gasteiger partial charge in [0.2, 0.25) is 0 Å². The first-order valence-corrected chi connectivity index (χ1v) is 12.6. The van der Waals surface area contributed by atoms with Crippen LogP contribution in [0.3, 0.4) is 0 Å². The highest BCUT2D eigenvalue weighted by Crippen LogP contribution is 2.37. The maximum atomic E-state index is 12.7. The van der Waals surface area contributed by atoms with Crippen LogP contribution in [0.15, 0.2) is 66.2 Å². The van der Waals surface area contributed by atoms with Crippen LogP contribution in [0.1, 0.15) is 23.6 Å². The SMILES string of the molecule is CCOc1cc(/C=C(\C#N)C(=O)Nc2ccccc2C)cc(Cl)c1OCCOCCOc1ccccc1C. The summed E-state index contributed by atoms with van der Waals surface area (Å²) in [6.07, 6.45) is 1.46. The summed E-state index contributed by atoms with van der Waals surface area (Å²) in [5, 5.41) is 12.7. The van der Waals surface area contributed by atoms with E-state index in [1.807, 2.05) is 69.3 Å². The number of aryl methyl sites for hydroxylation is 2. The Balaban J connectivity index is 1.59. The predicted octanol–water partition coefficient (Wildman–Crippen LogP) is 6.38. The number of carbonyl (C=O) groups is 1. The molecule has 3 rings (SSSR count). The minimum atomic E-state index is -0.514. The van der Waals surface area contributed by atoms with Gasteiger partial charge in [-0.15, -0.1) is 0 Å². The van der Waals surface area contributed by atoms with Gasteiger partial charge in [-0.3, -0.25) is 4.79 Å². The summed E-state index contributed by atoms with van der Waals surface area (Å²) in [7, 11) is 0. The average molecular weight is 535 g/mol. The van der Waals surface area contributed by atoms with E-state index in [0.29, 0.717) is 54.2 Å². The third kappa shape index (κ3) is 8.27. The molecule has 1 amide bonds. The summed E-state index contributed by atoms with van der Waals surface area (Å²) >= 11 is 6.49. The molecule has 0 heterocycles. The number of carbonyl (C=O) groups excluding carboxylic acids is 1. The minimum absolute atomic E-state index is 0.0678. The maximum absolute atomic E-state index is 12.7. The van der Waals surface area contributed by atoms with Crippen molar-refractivity contribution < 1.29 is 23.7 Å². The number of nitriles is 1. The topological polar surface area (TPSA) is 89.8 Å². The molecule has 0 aliphatic heterocycles. The van der Waals surface area contributed by atoms with E-state index in [0.717, 1.165) is 16.9 Å². The molecule has 38 heavy (non-hydrogen) atoms. The van der Waals surface area contributed by atoms with Crippen LogP contribution in [0.4, 0.5) is 5.69 Å². The second kappa shape index (κ2) is 14.7. The van der Waals surface area contributed by atoms with Gasteiger partial charge in [0.1, 0.15) is 30.6 Å². The molecule has 0 aliphatic carbocycles. The normalized spacial score (nSPS) is 11.0. The monoisotopic (exact) mass is 534 g/mol. The summed E-state index contributed by atoms with van der Waals surface area (Å²) in [4.78, 5) is 12.7. The number of rotatable bonds is 13. The second-order valence-electron chi connectivity index (χ2n) is 8.28. The van der Waals surface area contributed by atoms with Crippen LogP contribution >= 0.6 is 11.6 Å². The number of nitrogens with zero attached hydrogens (tertiary/aromatic N) is 1. The summed E-state index contributed by atoms with van der Waals surface area (Å²) < 4.78 is 22.9. The molecular weight excluding hydrogens is 504 g/mol. The van der Waals surface area contributed by atoms with Gasteiger partial charge in [0.25, 0.3) is 5.91 Å². The van der Waals surface area contributed by atoms with Crippen molar-refractivity contribution in [1.82, 2.24) is 0 Å². The predicted molar refractivity (Wildman–Crippen MR) is 149 cm³/mol. The molecule has 7 nitrogen and oxygen atoms in total. The molecule has 0 aliphatic rings. The highest BCUT2D eigenvalue weighted by atomic mass is 35.5. The number of ether oxygens (including phenoxy) is 4. The molecule has 0 bridgehead atoms. The molecule has 0 atom stereocenters. The van der Waals surface area contributed by atoms with Gasteiger partial charge in [-0.2, -0.15) is 5.26 Å². The molecule has 0 saturated heterocycles. The smallest absolute Gasteiger partial charge is 0.266 e. The molecule has 0 spiro atoms. The summed E-state index contributed by atoms with van der Waals surface area (Å²) in [6, 6.07) is 20.4. The van der Waals surface area contributed by atoms with Crippen LogP contribution in [-0.4, -0.2) is 38.9 Å². The van der Waals surface area contributed by atoms with Gasteiger partial charge in [-0.1, -0.05) is 48.0 Å². The minimum Gasteiger partial charge on any atom is -0.491 e. The lowest BCUT2D eigenvalue weighted by Gasteiger charge is -2.15. The largest absolute Gasteiger partial charge is 0.491 e. The van der Waals surface area contributed by atoms with Crippen molar-refractivity contribution in [3.8, 4) is 23.3 Å². The van der Waals surface area contributed by atoms with E-state index in [9.17, 15) is 10.1 Å². The van der Waals surface area contributed by atoms with Gasteiger partial charge < -0.3 is 24.3 Å². The fourth-order valence-electron chi connectivity index (χ4n) is 3.53. The first-order chi connectivity index (χ1) is 18.4. The zero-order valence-corrected chi connectivity index (χ0v) is 22.5. The number of anilines is 1. The number of amides is 1. The van der Waals surface area contributed by atoms with E-state index in [-0.39, 0.29) is 12.2 Å². The van der Waals surface area contributed by atoms with Gasteiger partial charge in [-0.05, 0) is 67.8 Å². The number of hydrogen-bond acceptors (Lipinski definition) is 6. The summed E-state index contributed by atoms with van der Waals surface area (Å²) in [5.41, 5.74) is 3.07. The van der Waals surface area contributed by atoms with Crippen molar-refractivity contribution in [2.45, 2.75) is 20.8 Å². The molecule has 3 aromatic rings. The van der Waals surface area contributed by atoms with E-state index in [1.54, 1.807) is 18.2 Å². The van der Waals surface area contributed by atoms with Crippen LogP contribution in [0.25, 0.3) is 6.08 Å². The van der Waals surface area contributed by atoms with Crippen molar-refractivity contribution in [2.75, 3.05) is 38.4 Å². The first kappa shape index (κ1) is 28.6. The van der Waals surface area contributed by atoms with Gasteiger partial charge in [0.15, 0.2) is 11.5 Å². The molecule has 0 saturated carbocycles. The molecule has 0 fully saturated rings. The van der Waals surface area contributed by atoms with E-state index in [4.69, 9.17) is 30.5 Å². The lowest BCUT2D eigenvalue weighted by atomic mass is 10.1. The average Bonchev–Trinajstić information content (AvgIpc) is 2.90. The highest BCUT2D eigenvalue weighted by Gasteiger charge is 2.15. The van der Waals surface area contributed by atoms with E-state index in [1.165, 1.54) is 6.08 Å². The van der Waals surface area contributed by atoms with E-state index >= 15 is 0 Å². The Bertz CT molecular complexity index is 1320. The van der Waals surface area contributed by atoms with Crippen LogP contribution in [0, 0.1) is 25.2 Å². The Morgan fingerprint density at radius 3 is 2.29 bits per heavy atom. The standard InChI is InChI=1S/C30H31ClN2O5/c1-4-36-28-19-23(17-24(20-32)30(34)33-26-11-7-5-9-21(26)2)18-25(31)29(28)38-16-14-35-13-15-37-27-12-8-6-10-22(27)3/h5-12,17-19H,4,13-16H2,1-3H3,(H,33,34)/b24-17+. The number of para-hydroxylation sites is 2. The fourth-order valence-corrected chi connectivity index (χ4v) is 3.80. The van der Waals surface area contributed by atoms with Gasteiger partial charge in [-0.25, -0.2) is 0 Å². The van der Waals surface area contributed by atoms with Crippen molar-refractivity contribution in [3.05, 3.63) is 87.9 Å². The maximum Gasteiger partial charge on any atom is 0.266 e. The van der Waals surface area contributed by atoms with Crippen LogP contribution in [-0.2, 0) is 9.53 Å². The number of benzene rings is 3. The zero-order chi connectivity index (χ0) is 27.3. The van der Waals surface area contributed by atoms with Gasteiger partial charge >= 0.3 is 0 Å². The Kier molecular flexibility index (Phi) is 11.0. The Labute approximate surface area is 228 Å². The second-order valence-corrected chi connectivity index (χ2v) is 8.68. The van der Waals surface area contributed by atoms with Crippen molar-refractivity contribution in [1.29, 1.82) is 5.26 Å². The zero-order valence-electron chi connectivity index (χ0n) is 21.8. The lowest BCUT2D eigenvalue weighted by molar-refractivity contribution is -0.112. The molecule has 0 unspecified atom stereocenters. The van der Waals surface area contributed by atoms with E-state index < -0.39 is 5.91 Å². The highest BCUT2D eigenvalue weighted by molar-refractivity contribution is 6.32. The Morgan fingerprint density at radius 1 is 0.921 bits per heavy atom. The number of hydrogen-bond donors (Lipinski definition) is 1.